The van der Waals surface area contributed by atoms with E-state index in [1.54, 1.807) is 13.0 Å². The lowest BCUT2D eigenvalue weighted by Gasteiger charge is -2.09. The summed E-state index contributed by atoms with van der Waals surface area (Å²) in [5.41, 5.74) is 1.90. The van der Waals surface area contributed by atoms with Crippen LogP contribution in [0.5, 0.6) is 5.75 Å². The third-order valence-electron chi connectivity index (χ3n) is 3.75. The molecule has 2 amide bonds. The molecule has 26 heavy (non-hydrogen) atoms. The number of imide groups is 1. The molecule has 1 heterocycles. The molecular weight excluding hydrogens is 482 g/mol. The predicted molar refractivity (Wildman–Crippen MR) is 111 cm³/mol. The molecule has 0 spiro atoms. The topological polar surface area (TPSA) is 46.6 Å². The van der Waals surface area contributed by atoms with E-state index in [0.29, 0.717) is 23.8 Å². The van der Waals surface area contributed by atoms with E-state index in [9.17, 15) is 9.59 Å². The van der Waals surface area contributed by atoms with E-state index in [0.717, 1.165) is 31.8 Å². The van der Waals surface area contributed by atoms with Gasteiger partial charge in [0.25, 0.3) is 11.1 Å². The number of halogens is 2. The van der Waals surface area contributed by atoms with Crippen molar-refractivity contribution in [3.05, 3.63) is 67.4 Å². The number of amides is 2. The van der Waals surface area contributed by atoms with Gasteiger partial charge in [-0.15, -0.1) is 0 Å². The number of ether oxygens (including phenoxy) is 1. The Labute approximate surface area is 172 Å². The molecule has 2 aromatic carbocycles. The Bertz CT molecular complexity index is 881. The van der Waals surface area contributed by atoms with Crippen LogP contribution in [-0.2, 0) is 11.4 Å². The summed E-state index contributed by atoms with van der Waals surface area (Å²) in [5.74, 6) is 0.473. The van der Waals surface area contributed by atoms with Crippen molar-refractivity contribution in [1.29, 1.82) is 0 Å². The van der Waals surface area contributed by atoms with Crippen LogP contribution in [0.15, 0.2) is 56.3 Å². The summed E-state index contributed by atoms with van der Waals surface area (Å²) in [5, 5.41) is -0.225. The van der Waals surface area contributed by atoms with Crippen molar-refractivity contribution in [3.63, 3.8) is 0 Å². The number of rotatable bonds is 5. The number of likely N-dealkylation sites (N-methyl/N-ethyl adjacent to an activating group) is 1. The van der Waals surface area contributed by atoms with Gasteiger partial charge in [0, 0.05) is 11.0 Å². The van der Waals surface area contributed by atoms with E-state index in [-0.39, 0.29) is 11.1 Å². The largest absolute Gasteiger partial charge is 0.488 e. The second kappa shape index (κ2) is 8.41. The van der Waals surface area contributed by atoms with Crippen molar-refractivity contribution in [2.75, 3.05) is 6.54 Å². The molecule has 0 atom stereocenters. The SMILES string of the molecule is CCN1C(=O)S/C(=C/c2ccc(OCc3ccc(Br)cc3)c(Br)c2)C1=O. The first-order chi connectivity index (χ1) is 12.5. The van der Waals surface area contributed by atoms with Crippen LogP contribution in [0.4, 0.5) is 4.79 Å². The minimum Gasteiger partial charge on any atom is -0.488 e. The number of benzene rings is 2. The molecule has 1 fully saturated rings. The summed E-state index contributed by atoms with van der Waals surface area (Å²) in [7, 11) is 0. The van der Waals surface area contributed by atoms with Gasteiger partial charge in [-0.05, 0) is 76.1 Å². The highest BCUT2D eigenvalue weighted by atomic mass is 79.9. The molecule has 134 valence electrons. The zero-order valence-corrected chi connectivity index (χ0v) is 17.9. The summed E-state index contributed by atoms with van der Waals surface area (Å²) in [4.78, 5) is 25.6. The molecule has 2 aromatic rings. The Hall–Kier alpha value is -1.57. The number of carbonyl (C=O) groups excluding carboxylic acids is 2. The quantitative estimate of drug-likeness (QED) is 0.487. The van der Waals surface area contributed by atoms with Crippen LogP contribution >= 0.6 is 43.6 Å². The average molecular weight is 497 g/mol. The monoisotopic (exact) mass is 495 g/mol. The van der Waals surface area contributed by atoms with Gasteiger partial charge in [0.15, 0.2) is 0 Å². The van der Waals surface area contributed by atoms with Crippen LogP contribution in [0.3, 0.4) is 0 Å². The van der Waals surface area contributed by atoms with Crippen molar-refractivity contribution in [3.8, 4) is 5.75 Å². The maximum Gasteiger partial charge on any atom is 0.293 e. The summed E-state index contributed by atoms with van der Waals surface area (Å²) in [6.07, 6.45) is 1.73. The first-order valence-corrected chi connectivity index (χ1v) is 10.3. The van der Waals surface area contributed by atoms with Crippen LogP contribution in [0.1, 0.15) is 18.1 Å². The fraction of sp³-hybridized carbons (Fsp3) is 0.158. The van der Waals surface area contributed by atoms with Crippen molar-refractivity contribution in [2.24, 2.45) is 0 Å². The van der Waals surface area contributed by atoms with Gasteiger partial charge in [0.1, 0.15) is 12.4 Å². The standard InChI is InChI=1S/C19H15Br2NO3S/c1-2-22-18(23)17(26-19(22)24)10-13-5-8-16(15(21)9-13)25-11-12-3-6-14(20)7-4-12/h3-10H,2,11H2,1H3/b17-10+. The molecule has 0 unspecified atom stereocenters. The molecule has 0 saturated carbocycles. The lowest BCUT2D eigenvalue weighted by molar-refractivity contribution is -0.122. The first-order valence-electron chi connectivity index (χ1n) is 7.90. The van der Waals surface area contributed by atoms with Gasteiger partial charge < -0.3 is 4.74 Å². The highest BCUT2D eigenvalue weighted by molar-refractivity contribution is 9.10. The molecular formula is C19H15Br2NO3S. The Morgan fingerprint density at radius 2 is 1.85 bits per heavy atom. The van der Waals surface area contributed by atoms with Gasteiger partial charge in [-0.3, -0.25) is 14.5 Å². The normalized spacial score (nSPS) is 15.8. The number of thioether (sulfide) groups is 1. The van der Waals surface area contributed by atoms with E-state index >= 15 is 0 Å². The van der Waals surface area contributed by atoms with Crippen LogP contribution in [0, 0.1) is 0 Å². The van der Waals surface area contributed by atoms with Crippen LogP contribution in [0.2, 0.25) is 0 Å². The molecule has 3 rings (SSSR count). The summed E-state index contributed by atoms with van der Waals surface area (Å²) in [6.45, 7) is 2.63. The second-order valence-corrected chi connectivity index (χ2v) is 8.29. The molecule has 1 saturated heterocycles. The van der Waals surface area contributed by atoms with Gasteiger partial charge in [-0.1, -0.05) is 34.1 Å². The smallest absolute Gasteiger partial charge is 0.293 e. The molecule has 4 nitrogen and oxygen atoms in total. The highest BCUT2D eigenvalue weighted by Crippen LogP contribution is 2.33. The Morgan fingerprint density at radius 3 is 2.46 bits per heavy atom. The molecule has 0 bridgehead atoms. The Kier molecular flexibility index (Phi) is 6.21. The minimum absolute atomic E-state index is 0.225. The summed E-state index contributed by atoms with van der Waals surface area (Å²) < 4.78 is 7.66. The summed E-state index contributed by atoms with van der Waals surface area (Å²) in [6, 6.07) is 13.5. The van der Waals surface area contributed by atoms with E-state index in [1.807, 2.05) is 42.5 Å². The molecule has 0 N–H and O–H groups in total. The minimum atomic E-state index is -0.241. The molecule has 1 aliphatic heterocycles. The fourth-order valence-corrected chi connectivity index (χ4v) is 4.07. The van der Waals surface area contributed by atoms with Gasteiger partial charge in [-0.2, -0.15) is 0 Å². The molecule has 0 aromatic heterocycles. The van der Waals surface area contributed by atoms with Crippen molar-refractivity contribution < 1.29 is 14.3 Å². The predicted octanol–water partition coefficient (Wildman–Crippen LogP) is 5.85. The third kappa shape index (κ3) is 4.39. The van der Waals surface area contributed by atoms with Crippen molar-refractivity contribution >= 4 is 60.8 Å². The Balaban J connectivity index is 1.71. The molecule has 0 aliphatic carbocycles. The van der Waals surface area contributed by atoms with Gasteiger partial charge in [-0.25, -0.2) is 0 Å². The van der Waals surface area contributed by atoms with Crippen molar-refractivity contribution in [2.45, 2.75) is 13.5 Å². The number of nitrogens with zero attached hydrogens (tertiary/aromatic N) is 1. The average Bonchev–Trinajstić information content (AvgIpc) is 2.88. The van der Waals surface area contributed by atoms with E-state index in [4.69, 9.17) is 4.74 Å². The second-order valence-electron chi connectivity index (χ2n) is 5.53. The van der Waals surface area contributed by atoms with Crippen LogP contribution in [-0.4, -0.2) is 22.6 Å². The molecule has 1 aliphatic rings. The first kappa shape index (κ1) is 19.2. The zero-order chi connectivity index (χ0) is 18.7. The summed E-state index contributed by atoms with van der Waals surface area (Å²) >= 11 is 7.88. The fourth-order valence-electron chi connectivity index (χ4n) is 2.39. The van der Waals surface area contributed by atoms with Gasteiger partial charge >= 0.3 is 0 Å². The molecule has 0 radical (unpaired) electrons. The maximum atomic E-state index is 12.2. The van der Waals surface area contributed by atoms with E-state index in [1.165, 1.54) is 4.90 Å². The van der Waals surface area contributed by atoms with Crippen LogP contribution < -0.4 is 4.74 Å². The third-order valence-corrected chi connectivity index (χ3v) is 5.81. The highest BCUT2D eigenvalue weighted by Gasteiger charge is 2.33. The number of hydrogen-bond acceptors (Lipinski definition) is 4. The van der Waals surface area contributed by atoms with Gasteiger partial charge in [0.2, 0.25) is 0 Å². The van der Waals surface area contributed by atoms with E-state index < -0.39 is 0 Å². The zero-order valence-electron chi connectivity index (χ0n) is 13.9. The maximum absolute atomic E-state index is 12.2. The lowest BCUT2D eigenvalue weighted by atomic mass is 10.2. The van der Waals surface area contributed by atoms with E-state index in [2.05, 4.69) is 31.9 Å². The lowest BCUT2D eigenvalue weighted by Crippen LogP contribution is -2.27. The van der Waals surface area contributed by atoms with Crippen molar-refractivity contribution in [1.82, 2.24) is 4.90 Å². The van der Waals surface area contributed by atoms with Gasteiger partial charge in [0.05, 0.1) is 9.38 Å². The number of hydrogen-bond donors (Lipinski definition) is 0. The van der Waals surface area contributed by atoms with Crippen LogP contribution in [0.25, 0.3) is 6.08 Å². The molecule has 7 heteroatoms. The number of carbonyl (C=O) groups is 2. The Morgan fingerprint density at radius 1 is 1.12 bits per heavy atom.